The Morgan fingerprint density at radius 2 is 2.00 bits per heavy atom. The molecule has 0 N–H and O–H groups in total. The number of ether oxygens (including phenoxy) is 1. The van der Waals surface area contributed by atoms with Crippen molar-refractivity contribution in [3.63, 3.8) is 0 Å². The van der Waals surface area contributed by atoms with Gasteiger partial charge in [0, 0.05) is 0 Å². The Morgan fingerprint density at radius 1 is 1.22 bits per heavy atom. The molecule has 2 aromatic carbocycles. The number of benzene rings is 2. The average molecular weight is 265 g/mol. The maximum atomic E-state index is 13.4. The zero-order valence-electron chi connectivity index (χ0n) is 9.61. The average Bonchev–Trinajstić information content (AvgIpc) is 2.33. The number of rotatable bonds is 3. The van der Waals surface area contributed by atoms with Crippen molar-refractivity contribution in [1.82, 2.24) is 0 Å². The summed E-state index contributed by atoms with van der Waals surface area (Å²) in [7, 11) is 0. The van der Waals surface area contributed by atoms with Gasteiger partial charge in [0.15, 0.2) is 6.29 Å². The van der Waals surface area contributed by atoms with Gasteiger partial charge in [-0.25, -0.2) is 4.39 Å². The highest BCUT2D eigenvalue weighted by Crippen LogP contribution is 2.32. The minimum absolute atomic E-state index is 0.117. The fourth-order valence-electron chi connectivity index (χ4n) is 1.53. The fourth-order valence-corrected chi connectivity index (χ4v) is 1.80. The minimum Gasteiger partial charge on any atom is -0.455 e. The molecule has 0 spiro atoms. The molecule has 0 aromatic heterocycles. The van der Waals surface area contributed by atoms with Crippen LogP contribution in [0.5, 0.6) is 11.5 Å². The van der Waals surface area contributed by atoms with Crippen LogP contribution >= 0.6 is 11.6 Å². The van der Waals surface area contributed by atoms with Crippen molar-refractivity contribution in [2.75, 3.05) is 0 Å². The van der Waals surface area contributed by atoms with Crippen molar-refractivity contribution in [2.45, 2.75) is 6.92 Å². The predicted octanol–water partition coefficient (Wildman–Crippen LogP) is 4.39. The van der Waals surface area contributed by atoms with Crippen LogP contribution in [0.25, 0.3) is 0 Å². The number of halogens is 2. The van der Waals surface area contributed by atoms with Gasteiger partial charge in [-0.3, -0.25) is 4.79 Å². The molecule has 4 heteroatoms. The molecular formula is C14H10ClFO2. The largest absolute Gasteiger partial charge is 0.455 e. The van der Waals surface area contributed by atoms with Gasteiger partial charge in [0.25, 0.3) is 0 Å². The van der Waals surface area contributed by atoms with Gasteiger partial charge in [-0.05, 0) is 36.8 Å². The number of aryl methyl sites for hydroxylation is 1. The smallest absolute Gasteiger partial charge is 0.156 e. The van der Waals surface area contributed by atoms with E-state index in [0.29, 0.717) is 17.1 Å². The van der Waals surface area contributed by atoms with E-state index in [0.717, 1.165) is 5.56 Å². The Balaban J connectivity index is 2.40. The first kappa shape index (κ1) is 12.6. The summed E-state index contributed by atoms with van der Waals surface area (Å²) < 4.78 is 18.8. The van der Waals surface area contributed by atoms with Crippen molar-refractivity contribution in [2.24, 2.45) is 0 Å². The van der Waals surface area contributed by atoms with E-state index >= 15 is 0 Å². The Hall–Kier alpha value is -1.87. The van der Waals surface area contributed by atoms with E-state index in [2.05, 4.69) is 0 Å². The second-order valence-electron chi connectivity index (χ2n) is 3.81. The Morgan fingerprint density at radius 3 is 2.67 bits per heavy atom. The molecule has 2 rings (SSSR count). The van der Waals surface area contributed by atoms with Crippen molar-refractivity contribution in [3.8, 4) is 11.5 Å². The van der Waals surface area contributed by atoms with E-state index in [-0.39, 0.29) is 11.3 Å². The first-order chi connectivity index (χ1) is 8.61. The van der Waals surface area contributed by atoms with E-state index in [1.807, 2.05) is 13.0 Å². The minimum atomic E-state index is -0.620. The van der Waals surface area contributed by atoms with E-state index in [1.165, 1.54) is 18.2 Å². The molecule has 0 heterocycles. The second kappa shape index (κ2) is 5.19. The molecule has 2 aromatic rings. The maximum absolute atomic E-state index is 13.4. The van der Waals surface area contributed by atoms with Crippen LogP contribution in [0.4, 0.5) is 4.39 Å². The van der Waals surface area contributed by atoms with Crippen LogP contribution in [-0.2, 0) is 0 Å². The van der Waals surface area contributed by atoms with Crippen molar-refractivity contribution < 1.29 is 13.9 Å². The zero-order valence-corrected chi connectivity index (χ0v) is 10.4. The van der Waals surface area contributed by atoms with Gasteiger partial charge in [-0.15, -0.1) is 0 Å². The van der Waals surface area contributed by atoms with Gasteiger partial charge >= 0.3 is 0 Å². The number of hydrogen-bond acceptors (Lipinski definition) is 2. The van der Waals surface area contributed by atoms with Gasteiger partial charge in [-0.1, -0.05) is 23.7 Å². The monoisotopic (exact) mass is 264 g/mol. The van der Waals surface area contributed by atoms with Crippen LogP contribution in [0.15, 0.2) is 36.4 Å². The fraction of sp³-hybridized carbons (Fsp3) is 0.0714. The third kappa shape index (κ3) is 2.51. The quantitative estimate of drug-likeness (QED) is 0.769. The molecule has 0 fully saturated rings. The van der Waals surface area contributed by atoms with Crippen molar-refractivity contribution in [1.29, 1.82) is 0 Å². The zero-order chi connectivity index (χ0) is 13.1. The third-order valence-electron chi connectivity index (χ3n) is 2.44. The lowest BCUT2D eigenvalue weighted by molar-refractivity contribution is 0.111. The summed E-state index contributed by atoms with van der Waals surface area (Å²) in [5, 5.41) is 0.413. The van der Waals surface area contributed by atoms with Gasteiger partial charge in [0.05, 0.1) is 10.6 Å². The van der Waals surface area contributed by atoms with E-state index in [1.54, 1.807) is 12.1 Å². The highest BCUT2D eigenvalue weighted by molar-refractivity contribution is 6.32. The van der Waals surface area contributed by atoms with Crippen LogP contribution in [-0.4, -0.2) is 6.29 Å². The molecule has 0 bridgehead atoms. The van der Waals surface area contributed by atoms with Crippen LogP contribution in [0.2, 0.25) is 5.02 Å². The lowest BCUT2D eigenvalue weighted by Crippen LogP contribution is -1.94. The SMILES string of the molecule is Cc1ccc(Oc2cccc(F)c2C=O)c(Cl)c1. The molecule has 0 aliphatic heterocycles. The highest BCUT2D eigenvalue weighted by Gasteiger charge is 2.11. The van der Waals surface area contributed by atoms with Crippen LogP contribution in [0.1, 0.15) is 15.9 Å². The highest BCUT2D eigenvalue weighted by atomic mass is 35.5. The van der Waals surface area contributed by atoms with E-state index < -0.39 is 5.82 Å². The summed E-state index contributed by atoms with van der Waals surface area (Å²) in [6, 6.07) is 9.42. The molecular weight excluding hydrogens is 255 g/mol. The van der Waals surface area contributed by atoms with E-state index in [4.69, 9.17) is 16.3 Å². The van der Waals surface area contributed by atoms with Crippen LogP contribution in [0.3, 0.4) is 0 Å². The summed E-state index contributed by atoms with van der Waals surface area (Å²) in [4.78, 5) is 10.8. The maximum Gasteiger partial charge on any atom is 0.156 e. The van der Waals surface area contributed by atoms with Gasteiger partial charge in [-0.2, -0.15) is 0 Å². The van der Waals surface area contributed by atoms with Crippen LogP contribution < -0.4 is 4.74 Å². The normalized spacial score (nSPS) is 10.2. The molecule has 0 saturated carbocycles. The molecule has 0 unspecified atom stereocenters. The lowest BCUT2D eigenvalue weighted by atomic mass is 10.2. The number of carbonyl (C=O) groups is 1. The molecule has 0 saturated heterocycles. The summed E-state index contributed by atoms with van der Waals surface area (Å²) in [6.45, 7) is 1.90. The molecule has 92 valence electrons. The Labute approximate surface area is 109 Å². The summed E-state index contributed by atoms with van der Waals surface area (Å²) in [6.07, 6.45) is 0.423. The number of aldehydes is 1. The second-order valence-corrected chi connectivity index (χ2v) is 4.21. The van der Waals surface area contributed by atoms with Crippen LogP contribution in [0, 0.1) is 12.7 Å². The lowest BCUT2D eigenvalue weighted by Gasteiger charge is -2.10. The molecule has 0 atom stereocenters. The standard InChI is InChI=1S/C14H10ClFO2/c1-9-5-6-14(11(15)7-9)18-13-4-2-3-12(16)10(13)8-17/h2-8H,1H3. The number of carbonyl (C=O) groups excluding carboxylic acids is 1. The summed E-state index contributed by atoms with van der Waals surface area (Å²) in [5.41, 5.74) is 0.872. The third-order valence-corrected chi connectivity index (χ3v) is 2.73. The predicted molar refractivity (Wildman–Crippen MR) is 68.1 cm³/mol. The first-order valence-electron chi connectivity index (χ1n) is 5.29. The van der Waals surface area contributed by atoms with E-state index in [9.17, 15) is 9.18 Å². The molecule has 0 aliphatic rings. The molecule has 18 heavy (non-hydrogen) atoms. The topological polar surface area (TPSA) is 26.3 Å². The van der Waals surface area contributed by atoms with Gasteiger partial charge in [0.1, 0.15) is 17.3 Å². The first-order valence-corrected chi connectivity index (χ1v) is 5.67. The molecule has 0 amide bonds. The Kier molecular flexibility index (Phi) is 3.63. The van der Waals surface area contributed by atoms with Crippen molar-refractivity contribution in [3.05, 3.63) is 58.4 Å². The molecule has 2 nitrogen and oxygen atoms in total. The summed E-state index contributed by atoms with van der Waals surface area (Å²) >= 11 is 6.01. The van der Waals surface area contributed by atoms with Gasteiger partial charge < -0.3 is 4.74 Å². The molecule has 0 radical (unpaired) electrons. The van der Waals surface area contributed by atoms with Crippen molar-refractivity contribution >= 4 is 17.9 Å². The summed E-state index contributed by atoms with van der Waals surface area (Å²) in [5.74, 6) is -0.0857. The Bertz CT molecular complexity index is 596. The number of hydrogen-bond donors (Lipinski definition) is 0. The molecule has 0 aliphatic carbocycles. The van der Waals surface area contributed by atoms with Gasteiger partial charge in [0.2, 0.25) is 0 Å².